The highest BCUT2D eigenvalue weighted by Gasteiger charge is 2.45. The van der Waals surface area contributed by atoms with Gasteiger partial charge < -0.3 is 0 Å². The van der Waals surface area contributed by atoms with Crippen molar-refractivity contribution in [1.29, 1.82) is 0 Å². The molecule has 0 aromatic heterocycles. The van der Waals surface area contributed by atoms with Gasteiger partial charge in [0.25, 0.3) is 0 Å². The first-order chi connectivity index (χ1) is 18.6. The lowest BCUT2D eigenvalue weighted by atomic mass is 9.65. The van der Waals surface area contributed by atoms with Gasteiger partial charge in [-0.2, -0.15) is 0 Å². The van der Waals surface area contributed by atoms with Crippen molar-refractivity contribution < 1.29 is 9.90 Å². The number of unbranched alkanes of at least 4 members (excludes halogenated alkanes) is 21. The van der Waals surface area contributed by atoms with E-state index in [2.05, 4.69) is 27.7 Å². The normalized spacial score (nSPS) is 12.7. The molecule has 1 unspecified atom stereocenters. The summed E-state index contributed by atoms with van der Waals surface area (Å²) in [6.45, 7) is 9.08. The molecule has 0 saturated heterocycles. The van der Waals surface area contributed by atoms with E-state index in [0.717, 1.165) is 38.5 Å². The molecule has 1 radical (unpaired) electrons. The van der Waals surface area contributed by atoms with Crippen molar-refractivity contribution in [2.24, 2.45) is 11.3 Å². The zero-order valence-electron chi connectivity index (χ0n) is 26.9. The minimum Gasteiger partial charge on any atom is -0.247 e. The van der Waals surface area contributed by atoms with E-state index in [4.69, 9.17) is 0 Å². The van der Waals surface area contributed by atoms with E-state index in [1.54, 1.807) is 0 Å². The first-order valence-electron chi connectivity index (χ1n) is 17.8. The van der Waals surface area contributed by atoms with Crippen molar-refractivity contribution in [2.45, 2.75) is 214 Å². The van der Waals surface area contributed by atoms with Crippen molar-refractivity contribution in [3.8, 4) is 0 Å². The number of rotatable bonds is 31. The third-order valence-corrected chi connectivity index (χ3v) is 9.20. The molecule has 2 nitrogen and oxygen atoms in total. The summed E-state index contributed by atoms with van der Waals surface area (Å²) >= 11 is 0. The summed E-state index contributed by atoms with van der Waals surface area (Å²) in [6, 6.07) is 0. The molecule has 0 aromatic carbocycles. The zero-order valence-corrected chi connectivity index (χ0v) is 26.9. The molecule has 0 rings (SSSR count). The van der Waals surface area contributed by atoms with Crippen molar-refractivity contribution in [1.82, 2.24) is 0 Å². The Bertz CT molecular complexity index is 470. The summed E-state index contributed by atoms with van der Waals surface area (Å²) in [5.41, 5.74) is -0.596. The molecule has 38 heavy (non-hydrogen) atoms. The van der Waals surface area contributed by atoms with Crippen LogP contribution in [0.25, 0.3) is 0 Å². The molecule has 0 fully saturated rings. The van der Waals surface area contributed by atoms with Gasteiger partial charge in [0, 0.05) is 0 Å². The van der Waals surface area contributed by atoms with Crippen LogP contribution < -0.4 is 0 Å². The second kappa shape index (κ2) is 28.0. The SMILES string of the molecule is CCCCCCCCCC(CCCCCCCC)C(CCCCCCCC)(CCCCCCCC)C([O])=O. The highest BCUT2D eigenvalue weighted by atomic mass is 16.4. The van der Waals surface area contributed by atoms with Crippen molar-refractivity contribution in [3.05, 3.63) is 0 Å². The largest absolute Gasteiger partial charge is 0.361 e. The van der Waals surface area contributed by atoms with E-state index in [1.165, 1.54) is 148 Å². The molecular weight excluding hydrogens is 464 g/mol. The molecule has 0 saturated carbocycles. The molecule has 2 heteroatoms. The van der Waals surface area contributed by atoms with Gasteiger partial charge in [0.2, 0.25) is 0 Å². The van der Waals surface area contributed by atoms with Gasteiger partial charge in [-0.05, 0) is 31.6 Å². The lowest BCUT2D eigenvalue weighted by Gasteiger charge is -2.37. The van der Waals surface area contributed by atoms with E-state index < -0.39 is 11.4 Å². The molecule has 0 aliphatic carbocycles. The Hall–Kier alpha value is -0.530. The average Bonchev–Trinajstić information content (AvgIpc) is 2.91. The third kappa shape index (κ3) is 19.5. The van der Waals surface area contributed by atoms with E-state index in [1.807, 2.05) is 0 Å². The zero-order chi connectivity index (χ0) is 28.2. The lowest BCUT2D eigenvalue weighted by Crippen LogP contribution is -2.38. The molecule has 0 bridgehead atoms. The average molecular weight is 536 g/mol. The van der Waals surface area contributed by atoms with E-state index in [-0.39, 0.29) is 0 Å². The molecule has 0 heterocycles. The fourth-order valence-electron chi connectivity index (χ4n) is 6.56. The maximum Gasteiger partial charge on any atom is 0.361 e. The second-order valence-corrected chi connectivity index (χ2v) is 12.6. The first kappa shape index (κ1) is 37.5. The Morgan fingerprint density at radius 2 is 0.684 bits per heavy atom. The fourth-order valence-corrected chi connectivity index (χ4v) is 6.56. The molecule has 0 spiro atoms. The summed E-state index contributed by atoms with van der Waals surface area (Å²) in [5.74, 6) is -0.404. The minimum absolute atomic E-state index is 0.306. The first-order valence-corrected chi connectivity index (χ1v) is 17.8. The van der Waals surface area contributed by atoms with Gasteiger partial charge >= 0.3 is 5.97 Å². The summed E-state index contributed by atoms with van der Waals surface area (Å²) in [5, 5.41) is 13.1. The molecule has 0 amide bonds. The second-order valence-electron chi connectivity index (χ2n) is 12.6. The maximum atomic E-state index is 13.1. The van der Waals surface area contributed by atoms with E-state index in [0.29, 0.717) is 5.92 Å². The van der Waals surface area contributed by atoms with Crippen LogP contribution in [-0.2, 0) is 9.90 Å². The number of hydrogen-bond donors (Lipinski definition) is 0. The van der Waals surface area contributed by atoms with E-state index in [9.17, 15) is 9.90 Å². The Balaban J connectivity index is 5.31. The van der Waals surface area contributed by atoms with Crippen LogP contribution in [0, 0.1) is 11.3 Å². The van der Waals surface area contributed by atoms with Crippen LogP contribution in [0.2, 0.25) is 0 Å². The molecule has 0 aliphatic rings. The standard InChI is InChI=1S/C36H71O2/c1-5-9-13-17-21-23-27-31-34(30-26-22-18-14-10-6-2)36(35(37)38,32-28-24-19-15-11-7-3)33-29-25-20-16-12-8-4/h34H,5-33H2,1-4H3. The minimum atomic E-state index is -0.710. The molecule has 0 aliphatic heterocycles. The van der Waals surface area contributed by atoms with Crippen molar-refractivity contribution >= 4 is 5.97 Å². The molecule has 0 N–H and O–H groups in total. The summed E-state index contributed by atoms with van der Waals surface area (Å²) in [4.78, 5) is 13.1. The molecule has 1 atom stereocenters. The Morgan fingerprint density at radius 1 is 0.421 bits per heavy atom. The Kier molecular flexibility index (Phi) is 27.6. The van der Waals surface area contributed by atoms with Gasteiger partial charge in [-0.25, -0.2) is 9.90 Å². The highest BCUT2D eigenvalue weighted by molar-refractivity contribution is 5.74. The summed E-state index contributed by atoms with van der Waals surface area (Å²) in [6.07, 6.45) is 35.5. The number of carbonyl (C=O) groups is 1. The van der Waals surface area contributed by atoms with Crippen LogP contribution in [-0.4, -0.2) is 5.97 Å². The van der Waals surface area contributed by atoms with Gasteiger partial charge in [0.1, 0.15) is 0 Å². The summed E-state index contributed by atoms with van der Waals surface area (Å²) in [7, 11) is 0. The predicted molar refractivity (Wildman–Crippen MR) is 168 cm³/mol. The van der Waals surface area contributed by atoms with Crippen LogP contribution >= 0.6 is 0 Å². The van der Waals surface area contributed by atoms with Crippen LogP contribution in [0.4, 0.5) is 0 Å². The van der Waals surface area contributed by atoms with Crippen LogP contribution in [0.5, 0.6) is 0 Å². The summed E-state index contributed by atoms with van der Waals surface area (Å²) < 4.78 is 0. The van der Waals surface area contributed by atoms with Crippen LogP contribution in [0.15, 0.2) is 0 Å². The van der Waals surface area contributed by atoms with Crippen LogP contribution in [0.1, 0.15) is 214 Å². The molecule has 227 valence electrons. The maximum absolute atomic E-state index is 13.1. The van der Waals surface area contributed by atoms with Gasteiger partial charge in [0.15, 0.2) is 0 Å². The van der Waals surface area contributed by atoms with Gasteiger partial charge in [0.05, 0.1) is 5.41 Å². The van der Waals surface area contributed by atoms with Crippen molar-refractivity contribution in [2.75, 3.05) is 0 Å². The van der Waals surface area contributed by atoms with Crippen molar-refractivity contribution in [3.63, 3.8) is 0 Å². The van der Waals surface area contributed by atoms with E-state index >= 15 is 0 Å². The predicted octanol–water partition coefficient (Wildman–Crippen LogP) is 12.9. The van der Waals surface area contributed by atoms with Crippen LogP contribution in [0.3, 0.4) is 0 Å². The lowest BCUT2D eigenvalue weighted by molar-refractivity contribution is -0.162. The monoisotopic (exact) mass is 536 g/mol. The Labute approximate surface area is 240 Å². The quantitative estimate of drug-likeness (QED) is 0.0813. The molecular formula is C36H71O2. The third-order valence-electron chi connectivity index (χ3n) is 9.20. The Morgan fingerprint density at radius 3 is 0.974 bits per heavy atom. The molecule has 0 aromatic rings. The number of carbonyl (C=O) groups excluding carboxylic acids is 1. The van der Waals surface area contributed by atoms with Gasteiger partial charge in [-0.3, -0.25) is 0 Å². The fraction of sp³-hybridized carbons (Fsp3) is 0.972. The highest BCUT2D eigenvalue weighted by Crippen LogP contribution is 2.45. The smallest absolute Gasteiger partial charge is 0.247 e. The van der Waals surface area contributed by atoms with Gasteiger partial charge in [-0.15, -0.1) is 0 Å². The number of hydrogen-bond acceptors (Lipinski definition) is 1. The topological polar surface area (TPSA) is 37.0 Å². The van der Waals surface area contributed by atoms with Gasteiger partial charge in [-0.1, -0.05) is 188 Å².